The lowest BCUT2D eigenvalue weighted by atomic mass is 10.1. The Morgan fingerprint density at radius 3 is 2.75 bits per heavy atom. The Kier molecular flexibility index (Phi) is 3.04. The minimum Gasteiger partial charge on any atom is -0.453 e. The lowest BCUT2D eigenvalue weighted by Crippen LogP contribution is -1.84. The van der Waals surface area contributed by atoms with Crippen LogP contribution in [-0.4, -0.2) is 23.5 Å². The van der Waals surface area contributed by atoms with Crippen molar-refractivity contribution >= 4 is 6.29 Å². The Bertz CT molecular complexity index is 745. The fraction of sp³-hybridized carbons (Fsp3) is 0.0714. The van der Waals surface area contributed by atoms with Gasteiger partial charge in [0.2, 0.25) is 5.82 Å². The van der Waals surface area contributed by atoms with E-state index in [-0.39, 0.29) is 11.8 Å². The van der Waals surface area contributed by atoms with Crippen LogP contribution in [0.25, 0.3) is 22.7 Å². The maximum atomic E-state index is 10.6. The van der Waals surface area contributed by atoms with Gasteiger partial charge < -0.3 is 9.15 Å². The average molecular weight is 270 g/mol. The summed E-state index contributed by atoms with van der Waals surface area (Å²) < 4.78 is 15.1. The number of furan rings is 1. The highest BCUT2D eigenvalue weighted by molar-refractivity contribution is 5.74. The van der Waals surface area contributed by atoms with Gasteiger partial charge in [-0.2, -0.15) is 4.98 Å². The molecule has 0 amide bonds. The fourth-order valence-corrected chi connectivity index (χ4v) is 1.79. The summed E-state index contributed by atoms with van der Waals surface area (Å²) in [5.41, 5.74) is 1.58. The predicted octanol–water partition coefficient (Wildman–Crippen LogP) is 2.82. The van der Waals surface area contributed by atoms with Crippen LogP contribution in [0.5, 0.6) is 6.08 Å². The van der Waals surface area contributed by atoms with E-state index >= 15 is 0 Å². The average Bonchev–Trinajstić information content (AvgIpc) is 3.16. The molecule has 0 saturated heterocycles. The number of ether oxygens (including phenoxy) is 1. The molecule has 0 N–H and O–H groups in total. The van der Waals surface area contributed by atoms with Crippen LogP contribution >= 0.6 is 0 Å². The number of nitrogens with zero attached hydrogens (tertiary/aromatic N) is 2. The zero-order valence-corrected chi connectivity index (χ0v) is 10.6. The SMILES string of the molecule is COc1nc(-c2cccc(-c3ccc(C=O)o3)c2)no1. The highest BCUT2D eigenvalue weighted by Gasteiger charge is 2.11. The van der Waals surface area contributed by atoms with Gasteiger partial charge in [-0.15, -0.1) is 0 Å². The first-order chi connectivity index (χ1) is 9.80. The number of hydrogen-bond acceptors (Lipinski definition) is 6. The van der Waals surface area contributed by atoms with Crippen molar-refractivity contribution in [2.45, 2.75) is 0 Å². The molecule has 0 aliphatic carbocycles. The summed E-state index contributed by atoms with van der Waals surface area (Å²) in [7, 11) is 1.46. The summed E-state index contributed by atoms with van der Waals surface area (Å²) in [5, 5.41) is 3.82. The second-order valence-corrected chi connectivity index (χ2v) is 3.99. The van der Waals surface area contributed by atoms with Crippen LogP contribution in [-0.2, 0) is 0 Å². The van der Waals surface area contributed by atoms with Crippen LogP contribution in [0.15, 0.2) is 45.3 Å². The van der Waals surface area contributed by atoms with Gasteiger partial charge in [-0.05, 0) is 18.2 Å². The van der Waals surface area contributed by atoms with E-state index in [0.29, 0.717) is 17.9 Å². The van der Waals surface area contributed by atoms with Crippen molar-refractivity contribution in [3.8, 4) is 28.8 Å². The van der Waals surface area contributed by atoms with Gasteiger partial charge in [-0.3, -0.25) is 9.32 Å². The van der Waals surface area contributed by atoms with E-state index in [1.807, 2.05) is 24.3 Å². The zero-order valence-electron chi connectivity index (χ0n) is 10.6. The molecule has 2 heterocycles. The first-order valence-electron chi connectivity index (χ1n) is 5.83. The Morgan fingerprint density at radius 2 is 2.05 bits per heavy atom. The quantitative estimate of drug-likeness (QED) is 0.678. The van der Waals surface area contributed by atoms with Gasteiger partial charge in [0, 0.05) is 11.1 Å². The minimum atomic E-state index is 0.103. The molecule has 0 radical (unpaired) electrons. The third-order valence-electron chi connectivity index (χ3n) is 2.73. The number of aldehydes is 1. The van der Waals surface area contributed by atoms with Gasteiger partial charge in [-0.25, -0.2) is 0 Å². The van der Waals surface area contributed by atoms with E-state index in [1.54, 1.807) is 12.1 Å². The molecule has 0 fully saturated rings. The first kappa shape index (κ1) is 12.2. The summed E-state index contributed by atoms with van der Waals surface area (Å²) in [5.74, 6) is 1.31. The molecule has 100 valence electrons. The molecule has 6 nitrogen and oxygen atoms in total. The number of methoxy groups -OCH3 is 1. The lowest BCUT2D eigenvalue weighted by molar-refractivity contribution is 0.110. The van der Waals surface area contributed by atoms with Crippen LogP contribution in [0, 0.1) is 0 Å². The van der Waals surface area contributed by atoms with Crippen molar-refractivity contribution in [2.75, 3.05) is 7.11 Å². The van der Waals surface area contributed by atoms with Crippen LogP contribution in [0.4, 0.5) is 0 Å². The van der Waals surface area contributed by atoms with Gasteiger partial charge >= 0.3 is 6.08 Å². The molecule has 0 saturated carbocycles. The first-order valence-corrected chi connectivity index (χ1v) is 5.83. The highest BCUT2D eigenvalue weighted by atomic mass is 16.6. The third kappa shape index (κ3) is 2.18. The number of rotatable bonds is 4. The second kappa shape index (κ2) is 5.00. The van der Waals surface area contributed by atoms with Crippen molar-refractivity contribution in [3.05, 3.63) is 42.2 Å². The van der Waals surface area contributed by atoms with E-state index in [0.717, 1.165) is 11.1 Å². The Balaban J connectivity index is 1.98. The lowest BCUT2D eigenvalue weighted by Gasteiger charge is -1.99. The molecule has 2 aromatic heterocycles. The molecule has 3 aromatic rings. The largest absolute Gasteiger partial charge is 0.453 e. The van der Waals surface area contributed by atoms with Gasteiger partial charge in [-0.1, -0.05) is 23.4 Å². The van der Waals surface area contributed by atoms with Gasteiger partial charge in [0.15, 0.2) is 12.0 Å². The number of aromatic nitrogens is 2. The van der Waals surface area contributed by atoms with Gasteiger partial charge in [0.1, 0.15) is 5.76 Å². The molecule has 0 aliphatic rings. The van der Waals surface area contributed by atoms with Gasteiger partial charge in [0.25, 0.3) is 0 Å². The van der Waals surface area contributed by atoms with Crippen LogP contribution in [0.3, 0.4) is 0 Å². The highest BCUT2D eigenvalue weighted by Crippen LogP contribution is 2.26. The minimum absolute atomic E-state index is 0.103. The summed E-state index contributed by atoms with van der Waals surface area (Å²) >= 11 is 0. The number of carbonyl (C=O) groups excluding carboxylic acids is 1. The molecule has 0 atom stereocenters. The van der Waals surface area contributed by atoms with Gasteiger partial charge in [0.05, 0.1) is 7.11 Å². The Labute approximate surface area is 114 Å². The standard InChI is InChI=1S/C14H10N2O4/c1-18-14-15-13(16-20-14)10-4-2-3-9(7-10)12-6-5-11(8-17)19-12/h2-8H,1H3. The monoisotopic (exact) mass is 270 g/mol. The second-order valence-electron chi connectivity index (χ2n) is 3.99. The smallest absolute Gasteiger partial charge is 0.417 e. The summed E-state index contributed by atoms with van der Waals surface area (Å²) in [6.45, 7) is 0. The van der Waals surface area contributed by atoms with Crippen LogP contribution in [0.1, 0.15) is 10.6 Å². The zero-order chi connectivity index (χ0) is 13.9. The molecule has 20 heavy (non-hydrogen) atoms. The van der Waals surface area contributed by atoms with E-state index < -0.39 is 0 Å². The van der Waals surface area contributed by atoms with Crippen LogP contribution < -0.4 is 4.74 Å². The molecule has 0 bridgehead atoms. The van der Waals surface area contributed by atoms with Crippen molar-refractivity contribution in [1.82, 2.24) is 10.1 Å². The molecule has 0 unspecified atom stereocenters. The topological polar surface area (TPSA) is 78.4 Å². The van der Waals surface area contributed by atoms with Crippen molar-refractivity contribution in [1.29, 1.82) is 0 Å². The van der Waals surface area contributed by atoms with Crippen molar-refractivity contribution in [2.24, 2.45) is 0 Å². The van der Waals surface area contributed by atoms with E-state index in [9.17, 15) is 4.79 Å². The maximum Gasteiger partial charge on any atom is 0.417 e. The van der Waals surface area contributed by atoms with Crippen molar-refractivity contribution in [3.63, 3.8) is 0 Å². The maximum absolute atomic E-state index is 10.6. The molecular weight excluding hydrogens is 260 g/mol. The Hall–Kier alpha value is -2.89. The van der Waals surface area contributed by atoms with E-state index in [1.165, 1.54) is 7.11 Å². The number of carbonyl (C=O) groups is 1. The molecular formula is C14H10N2O4. The third-order valence-corrected chi connectivity index (χ3v) is 2.73. The molecule has 3 rings (SSSR count). The van der Waals surface area contributed by atoms with Crippen LogP contribution in [0.2, 0.25) is 0 Å². The number of hydrogen-bond donors (Lipinski definition) is 0. The summed E-state index contributed by atoms with van der Waals surface area (Å²) in [6.07, 6.45) is 0.767. The van der Waals surface area contributed by atoms with E-state index in [2.05, 4.69) is 10.1 Å². The molecule has 0 aliphatic heterocycles. The fourth-order valence-electron chi connectivity index (χ4n) is 1.79. The molecule has 1 aromatic carbocycles. The normalized spacial score (nSPS) is 10.4. The summed E-state index contributed by atoms with van der Waals surface area (Å²) in [4.78, 5) is 14.7. The summed E-state index contributed by atoms with van der Waals surface area (Å²) in [6, 6.07) is 10.8. The number of benzene rings is 1. The molecule has 0 spiro atoms. The Morgan fingerprint density at radius 1 is 1.20 bits per heavy atom. The van der Waals surface area contributed by atoms with Crippen molar-refractivity contribution < 1.29 is 18.5 Å². The molecule has 6 heteroatoms. The van der Waals surface area contributed by atoms with E-state index in [4.69, 9.17) is 13.7 Å². The predicted molar refractivity (Wildman–Crippen MR) is 69.4 cm³/mol.